The summed E-state index contributed by atoms with van der Waals surface area (Å²) >= 11 is 0. The number of hydrogen-bond donors (Lipinski definition) is 2. The molecule has 2 aromatic rings. The van der Waals surface area contributed by atoms with Crippen LogP contribution in [0.5, 0.6) is 0 Å². The van der Waals surface area contributed by atoms with Gasteiger partial charge in [-0.15, -0.1) is 0 Å². The second-order valence-electron chi connectivity index (χ2n) is 6.62. The van der Waals surface area contributed by atoms with Gasteiger partial charge >= 0.3 is 0 Å². The van der Waals surface area contributed by atoms with Gasteiger partial charge in [0, 0.05) is 18.7 Å². The van der Waals surface area contributed by atoms with Gasteiger partial charge in [-0.05, 0) is 54.7 Å². The average Bonchev–Trinajstić information content (AvgIpc) is 2.84. The summed E-state index contributed by atoms with van der Waals surface area (Å²) in [6.45, 7) is 0.688. The lowest BCUT2D eigenvalue weighted by molar-refractivity contribution is -0.0250. The second kappa shape index (κ2) is 7.33. The summed E-state index contributed by atoms with van der Waals surface area (Å²) < 4.78 is 13.1. The molecule has 0 saturated carbocycles. The molecule has 0 unspecified atom stereocenters. The molecule has 4 nitrogen and oxygen atoms in total. The lowest BCUT2D eigenvalue weighted by atomic mass is 9.96. The number of carbonyl (C=O) groups is 1. The average molecular weight is 343 g/mol. The van der Waals surface area contributed by atoms with Crippen molar-refractivity contribution in [2.45, 2.75) is 24.9 Å². The van der Waals surface area contributed by atoms with E-state index in [2.05, 4.69) is 0 Å². The molecule has 5 heteroatoms. The summed E-state index contributed by atoms with van der Waals surface area (Å²) in [5, 5.41) is 19.5. The standard InChI is InChI=1S/C20H22FNO3/c21-18-7-5-15(6-8-18)16-3-1-4-17(13-16)19(24)22-11-2-9-20(25,14-23)10-12-22/h1,3-8,13,23,25H,2,9-12,14H2/t20-/m0/s1. The Hall–Kier alpha value is -2.24. The van der Waals surface area contributed by atoms with E-state index in [0.29, 0.717) is 37.9 Å². The van der Waals surface area contributed by atoms with Crippen molar-refractivity contribution in [2.24, 2.45) is 0 Å². The van der Waals surface area contributed by atoms with E-state index in [9.17, 15) is 19.4 Å². The fraction of sp³-hybridized carbons (Fsp3) is 0.350. The van der Waals surface area contributed by atoms with Crippen LogP contribution >= 0.6 is 0 Å². The van der Waals surface area contributed by atoms with Gasteiger partial charge in [0.25, 0.3) is 5.91 Å². The lowest BCUT2D eigenvalue weighted by Gasteiger charge is -2.24. The smallest absolute Gasteiger partial charge is 0.253 e. The van der Waals surface area contributed by atoms with Gasteiger partial charge < -0.3 is 15.1 Å². The third kappa shape index (κ3) is 4.06. The molecular weight excluding hydrogens is 321 g/mol. The van der Waals surface area contributed by atoms with Crippen LogP contribution in [0.15, 0.2) is 48.5 Å². The Balaban J connectivity index is 1.78. The van der Waals surface area contributed by atoms with Crippen LogP contribution in [-0.2, 0) is 0 Å². The molecule has 1 aliphatic rings. The minimum atomic E-state index is -1.09. The summed E-state index contributed by atoms with van der Waals surface area (Å²) in [6.07, 6.45) is 1.51. The third-order valence-electron chi connectivity index (χ3n) is 4.79. The summed E-state index contributed by atoms with van der Waals surface area (Å²) in [6, 6.07) is 13.4. The van der Waals surface area contributed by atoms with E-state index in [1.807, 2.05) is 12.1 Å². The van der Waals surface area contributed by atoms with Crippen molar-refractivity contribution < 1.29 is 19.4 Å². The molecule has 0 radical (unpaired) electrons. The van der Waals surface area contributed by atoms with Crippen LogP contribution in [0.1, 0.15) is 29.6 Å². The Kier molecular flexibility index (Phi) is 5.16. The number of hydrogen-bond acceptors (Lipinski definition) is 3. The first-order chi connectivity index (χ1) is 12.0. The highest BCUT2D eigenvalue weighted by molar-refractivity contribution is 5.95. The predicted octanol–water partition coefficient (Wildman–Crippen LogP) is 2.84. The molecule has 1 saturated heterocycles. The van der Waals surface area contributed by atoms with E-state index in [0.717, 1.165) is 11.1 Å². The molecular formula is C20H22FNO3. The van der Waals surface area contributed by atoms with Crippen molar-refractivity contribution in [1.82, 2.24) is 4.90 Å². The van der Waals surface area contributed by atoms with Gasteiger partial charge in [-0.3, -0.25) is 4.79 Å². The molecule has 0 aliphatic carbocycles. The molecule has 0 aromatic heterocycles. The number of amides is 1. The molecule has 1 heterocycles. The number of carbonyl (C=O) groups excluding carboxylic acids is 1. The Morgan fingerprint density at radius 2 is 1.84 bits per heavy atom. The van der Waals surface area contributed by atoms with Crippen molar-refractivity contribution in [3.8, 4) is 11.1 Å². The van der Waals surface area contributed by atoms with Gasteiger partial charge in [-0.25, -0.2) is 4.39 Å². The zero-order chi connectivity index (χ0) is 17.9. The van der Waals surface area contributed by atoms with E-state index in [1.54, 1.807) is 29.2 Å². The molecule has 0 spiro atoms. The number of likely N-dealkylation sites (tertiary alicyclic amines) is 1. The van der Waals surface area contributed by atoms with E-state index >= 15 is 0 Å². The molecule has 1 atom stereocenters. The van der Waals surface area contributed by atoms with Gasteiger partial charge in [0.2, 0.25) is 0 Å². The molecule has 1 fully saturated rings. The highest BCUT2D eigenvalue weighted by Crippen LogP contribution is 2.25. The molecule has 1 amide bonds. The van der Waals surface area contributed by atoms with Gasteiger partial charge in [0.05, 0.1) is 12.2 Å². The van der Waals surface area contributed by atoms with E-state index in [1.165, 1.54) is 12.1 Å². The van der Waals surface area contributed by atoms with Crippen molar-refractivity contribution in [3.63, 3.8) is 0 Å². The molecule has 2 aromatic carbocycles. The Bertz CT molecular complexity index is 747. The lowest BCUT2D eigenvalue weighted by Crippen LogP contribution is -2.36. The summed E-state index contributed by atoms with van der Waals surface area (Å²) in [4.78, 5) is 14.5. The van der Waals surface area contributed by atoms with Crippen LogP contribution in [0, 0.1) is 5.82 Å². The topological polar surface area (TPSA) is 60.8 Å². The van der Waals surface area contributed by atoms with E-state index in [4.69, 9.17) is 0 Å². The van der Waals surface area contributed by atoms with Gasteiger partial charge in [0.1, 0.15) is 5.82 Å². The maximum atomic E-state index is 13.1. The van der Waals surface area contributed by atoms with Gasteiger partial charge in [-0.1, -0.05) is 24.3 Å². The van der Waals surface area contributed by atoms with Crippen LogP contribution in [0.2, 0.25) is 0 Å². The summed E-state index contributed by atoms with van der Waals surface area (Å²) in [5.74, 6) is -0.386. The fourth-order valence-corrected chi connectivity index (χ4v) is 3.20. The number of rotatable bonds is 3. The first-order valence-corrected chi connectivity index (χ1v) is 8.49. The normalized spacial score (nSPS) is 21.0. The first-order valence-electron chi connectivity index (χ1n) is 8.49. The van der Waals surface area contributed by atoms with Crippen molar-refractivity contribution in [2.75, 3.05) is 19.7 Å². The SMILES string of the molecule is O=C(c1cccc(-c2ccc(F)cc2)c1)N1CCC[C@@](O)(CO)CC1. The van der Waals surface area contributed by atoms with Gasteiger partial charge in [0.15, 0.2) is 0 Å². The van der Waals surface area contributed by atoms with Crippen molar-refractivity contribution >= 4 is 5.91 Å². The van der Waals surface area contributed by atoms with E-state index in [-0.39, 0.29) is 18.3 Å². The highest BCUT2D eigenvalue weighted by Gasteiger charge is 2.31. The van der Waals surface area contributed by atoms with Gasteiger partial charge in [-0.2, -0.15) is 0 Å². The molecule has 1 aliphatic heterocycles. The zero-order valence-corrected chi connectivity index (χ0v) is 14.0. The summed E-state index contributed by atoms with van der Waals surface area (Å²) in [5.41, 5.74) is 1.18. The number of aliphatic hydroxyl groups excluding tert-OH is 1. The van der Waals surface area contributed by atoms with Crippen LogP contribution in [0.25, 0.3) is 11.1 Å². The third-order valence-corrected chi connectivity index (χ3v) is 4.79. The fourth-order valence-electron chi connectivity index (χ4n) is 3.20. The van der Waals surface area contributed by atoms with Crippen LogP contribution in [-0.4, -0.2) is 46.3 Å². The van der Waals surface area contributed by atoms with Crippen LogP contribution < -0.4 is 0 Å². The summed E-state index contributed by atoms with van der Waals surface area (Å²) in [7, 11) is 0. The number of aliphatic hydroxyl groups is 2. The zero-order valence-electron chi connectivity index (χ0n) is 14.0. The number of nitrogens with zero attached hydrogens (tertiary/aromatic N) is 1. The molecule has 25 heavy (non-hydrogen) atoms. The highest BCUT2D eigenvalue weighted by atomic mass is 19.1. The minimum Gasteiger partial charge on any atom is -0.393 e. The molecule has 132 valence electrons. The largest absolute Gasteiger partial charge is 0.393 e. The quantitative estimate of drug-likeness (QED) is 0.901. The maximum absolute atomic E-state index is 13.1. The number of halogens is 1. The minimum absolute atomic E-state index is 0.0915. The monoisotopic (exact) mass is 343 g/mol. The van der Waals surface area contributed by atoms with Crippen molar-refractivity contribution in [1.29, 1.82) is 0 Å². The van der Waals surface area contributed by atoms with Crippen LogP contribution in [0.3, 0.4) is 0 Å². The predicted molar refractivity (Wildman–Crippen MR) is 93.6 cm³/mol. The van der Waals surface area contributed by atoms with Crippen molar-refractivity contribution in [3.05, 3.63) is 59.9 Å². The Morgan fingerprint density at radius 3 is 2.56 bits per heavy atom. The number of benzene rings is 2. The Morgan fingerprint density at radius 1 is 1.08 bits per heavy atom. The molecule has 0 bridgehead atoms. The molecule has 3 rings (SSSR count). The van der Waals surface area contributed by atoms with E-state index < -0.39 is 5.60 Å². The molecule has 2 N–H and O–H groups in total. The van der Waals surface area contributed by atoms with Crippen LogP contribution in [0.4, 0.5) is 4.39 Å². The maximum Gasteiger partial charge on any atom is 0.253 e. The Labute approximate surface area is 146 Å². The second-order valence-corrected chi connectivity index (χ2v) is 6.62. The first kappa shape index (κ1) is 17.6.